The molecule has 1 atom stereocenters. The van der Waals surface area contributed by atoms with Crippen LogP contribution >= 0.6 is 23.4 Å². The number of hydrogen-bond donors (Lipinski definition) is 2. The molecule has 0 saturated carbocycles. The quantitative estimate of drug-likeness (QED) is 0.292. The molecule has 0 aliphatic heterocycles. The van der Waals surface area contributed by atoms with E-state index in [2.05, 4.69) is 25.1 Å². The van der Waals surface area contributed by atoms with Crippen molar-refractivity contribution in [2.75, 3.05) is 5.32 Å². The summed E-state index contributed by atoms with van der Waals surface area (Å²) in [5.74, 6) is -0.602. The summed E-state index contributed by atoms with van der Waals surface area (Å²) in [6, 6.07) is 13.2. The molecular weight excluding hydrogens is 476 g/mol. The Kier molecular flexibility index (Phi) is 6.61. The van der Waals surface area contributed by atoms with Gasteiger partial charge in [0.2, 0.25) is 5.91 Å². The molecule has 33 heavy (non-hydrogen) atoms. The lowest BCUT2D eigenvalue weighted by molar-refractivity contribution is -0.115. The molecule has 0 fully saturated rings. The van der Waals surface area contributed by atoms with E-state index < -0.39 is 17.8 Å². The Labute approximate surface area is 194 Å². The van der Waals surface area contributed by atoms with Gasteiger partial charge >= 0.3 is 6.61 Å². The van der Waals surface area contributed by atoms with E-state index in [1.165, 1.54) is 24.4 Å². The van der Waals surface area contributed by atoms with E-state index in [-0.39, 0.29) is 21.5 Å². The maximum absolute atomic E-state index is 12.6. The number of anilines is 1. The van der Waals surface area contributed by atoms with Crippen molar-refractivity contribution in [1.82, 2.24) is 19.7 Å². The van der Waals surface area contributed by atoms with Gasteiger partial charge in [-0.05, 0) is 37.3 Å². The summed E-state index contributed by atoms with van der Waals surface area (Å²) in [6.45, 7) is -1.38. The lowest BCUT2D eigenvalue weighted by Gasteiger charge is -2.13. The summed E-state index contributed by atoms with van der Waals surface area (Å²) < 4.78 is 30.5. The number of fused-ring (bicyclic) bond motifs is 1. The molecule has 2 aromatic heterocycles. The average molecular weight is 492 g/mol. The van der Waals surface area contributed by atoms with Crippen molar-refractivity contribution < 1.29 is 18.3 Å². The third-order valence-electron chi connectivity index (χ3n) is 4.49. The Morgan fingerprint density at radius 2 is 2.00 bits per heavy atom. The molecule has 12 heteroatoms. The minimum atomic E-state index is -3.01. The molecule has 2 N–H and O–H groups in total. The number of rotatable bonds is 7. The first-order chi connectivity index (χ1) is 15.8. The summed E-state index contributed by atoms with van der Waals surface area (Å²) in [7, 11) is 0. The third kappa shape index (κ3) is 5.15. The van der Waals surface area contributed by atoms with Crippen LogP contribution in [-0.2, 0) is 4.79 Å². The zero-order valence-electron chi connectivity index (χ0n) is 17.0. The molecule has 0 radical (unpaired) electrons. The molecule has 2 aromatic carbocycles. The fourth-order valence-corrected chi connectivity index (χ4v) is 3.96. The molecule has 0 spiro atoms. The standard InChI is InChI=1S/C21H16ClF2N5O3S/c1-11(18(30)26-12-7-8-16(15(22)9-12)32-20(23)24)33-21-27-17-14(19(31)28-21)10-25-29(17)13-5-3-2-4-6-13/h2-11,20H,1H3,(H,26,30)(H,27,28,31)/t11-/m0/s1. The van der Waals surface area contributed by atoms with Crippen LogP contribution in [0.5, 0.6) is 5.75 Å². The van der Waals surface area contributed by atoms with E-state index in [4.69, 9.17) is 11.6 Å². The maximum atomic E-state index is 12.6. The van der Waals surface area contributed by atoms with Gasteiger partial charge in [0.1, 0.15) is 11.1 Å². The number of amides is 1. The van der Waals surface area contributed by atoms with E-state index in [1.54, 1.807) is 11.6 Å². The first-order valence-electron chi connectivity index (χ1n) is 9.57. The van der Waals surface area contributed by atoms with Gasteiger partial charge in [-0.15, -0.1) is 0 Å². The normalized spacial score (nSPS) is 12.2. The number of aromatic nitrogens is 4. The van der Waals surface area contributed by atoms with E-state index in [1.807, 2.05) is 30.3 Å². The molecule has 8 nitrogen and oxygen atoms in total. The zero-order chi connectivity index (χ0) is 23.5. The number of nitrogens with one attached hydrogen (secondary N) is 2. The molecule has 0 aliphatic rings. The van der Waals surface area contributed by atoms with Gasteiger partial charge in [-0.3, -0.25) is 9.59 Å². The molecule has 4 aromatic rings. The Balaban J connectivity index is 1.51. The van der Waals surface area contributed by atoms with E-state index in [9.17, 15) is 18.4 Å². The predicted octanol–water partition coefficient (Wildman–Crippen LogP) is 4.48. The predicted molar refractivity (Wildman–Crippen MR) is 122 cm³/mol. The largest absolute Gasteiger partial charge is 0.433 e. The summed E-state index contributed by atoms with van der Waals surface area (Å²) in [5, 5.41) is 6.72. The van der Waals surface area contributed by atoms with E-state index in [0.717, 1.165) is 17.4 Å². The number of carbonyl (C=O) groups excluding carboxylic acids is 1. The van der Waals surface area contributed by atoms with Crippen molar-refractivity contribution in [2.24, 2.45) is 0 Å². The summed E-state index contributed by atoms with van der Waals surface area (Å²) in [6.07, 6.45) is 1.43. The second-order valence-corrected chi connectivity index (χ2v) is 8.51. The number of para-hydroxylation sites is 1. The van der Waals surface area contributed by atoms with Gasteiger partial charge in [0.05, 0.1) is 22.2 Å². The molecule has 1 amide bonds. The van der Waals surface area contributed by atoms with Gasteiger partial charge in [-0.25, -0.2) is 9.67 Å². The minimum absolute atomic E-state index is 0.0703. The van der Waals surface area contributed by atoms with Gasteiger partial charge in [0.15, 0.2) is 10.8 Å². The van der Waals surface area contributed by atoms with Gasteiger partial charge in [-0.1, -0.05) is 41.6 Å². The zero-order valence-corrected chi connectivity index (χ0v) is 18.5. The molecule has 0 saturated heterocycles. The summed E-state index contributed by atoms with van der Waals surface area (Å²) >= 11 is 6.97. The average Bonchev–Trinajstić information content (AvgIpc) is 3.20. The number of benzene rings is 2. The number of carbonyl (C=O) groups is 1. The van der Waals surface area contributed by atoms with Gasteiger partial charge in [0.25, 0.3) is 5.56 Å². The molecule has 170 valence electrons. The van der Waals surface area contributed by atoms with Crippen molar-refractivity contribution in [3.63, 3.8) is 0 Å². The van der Waals surface area contributed by atoms with Crippen LogP contribution in [-0.4, -0.2) is 37.5 Å². The highest BCUT2D eigenvalue weighted by molar-refractivity contribution is 8.00. The van der Waals surface area contributed by atoms with Gasteiger partial charge in [0, 0.05) is 5.69 Å². The highest BCUT2D eigenvalue weighted by Gasteiger charge is 2.19. The number of aromatic amines is 1. The van der Waals surface area contributed by atoms with Gasteiger partial charge in [-0.2, -0.15) is 13.9 Å². The first-order valence-corrected chi connectivity index (χ1v) is 10.8. The smallest absolute Gasteiger partial charge is 0.387 e. The fraction of sp³-hybridized carbons (Fsp3) is 0.143. The van der Waals surface area contributed by atoms with Crippen LogP contribution < -0.4 is 15.6 Å². The Hall–Kier alpha value is -3.44. The van der Waals surface area contributed by atoms with Crippen LogP contribution in [0, 0.1) is 0 Å². The molecule has 0 bridgehead atoms. The van der Waals surface area contributed by atoms with E-state index >= 15 is 0 Å². The number of H-pyrrole nitrogens is 1. The third-order valence-corrected chi connectivity index (χ3v) is 5.77. The van der Waals surface area contributed by atoms with Crippen LogP contribution in [0.25, 0.3) is 16.7 Å². The number of ether oxygens (including phenoxy) is 1. The monoisotopic (exact) mass is 491 g/mol. The van der Waals surface area contributed by atoms with Crippen molar-refractivity contribution in [1.29, 1.82) is 0 Å². The highest BCUT2D eigenvalue weighted by Crippen LogP contribution is 2.29. The number of halogens is 3. The molecule has 0 unspecified atom stereocenters. The molecular formula is C21H16ClF2N5O3S. The first kappa shape index (κ1) is 22.7. The Bertz CT molecular complexity index is 1360. The maximum Gasteiger partial charge on any atom is 0.387 e. The van der Waals surface area contributed by atoms with Crippen LogP contribution in [0.2, 0.25) is 5.02 Å². The van der Waals surface area contributed by atoms with Crippen LogP contribution in [0.4, 0.5) is 14.5 Å². The fourth-order valence-electron chi connectivity index (χ4n) is 2.95. The lowest BCUT2D eigenvalue weighted by Crippen LogP contribution is -2.23. The van der Waals surface area contributed by atoms with Crippen molar-refractivity contribution in [3.8, 4) is 11.4 Å². The van der Waals surface area contributed by atoms with Crippen LogP contribution in [0.1, 0.15) is 6.92 Å². The number of alkyl halides is 2. The van der Waals surface area contributed by atoms with Crippen LogP contribution in [0.3, 0.4) is 0 Å². The Morgan fingerprint density at radius 1 is 1.24 bits per heavy atom. The van der Waals surface area contributed by atoms with Crippen molar-refractivity contribution in [3.05, 3.63) is 70.1 Å². The number of nitrogens with zero attached hydrogens (tertiary/aromatic N) is 3. The summed E-state index contributed by atoms with van der Waals surface area (Å²) in [4.78, 5) is 32.2. The van der Waals surface area contributed by atoms with Crippen molar-refractivity contribution in [2.45, 2.75) is 23.9 Å². The molecule has 4 rings (SSSR count). The lowest BCUT2D eigenvalue weighted by atomic mass is 10.3. The SMILES string of the molecule is C[C@H](Sc1nc2c(cnn2-c2ccccc2)c(=O)[nH]1)C(=O)Nc1ccc(OC(F)F)c(Cl)c1. The highest BCUT2D eigenvalue weighted by atomic mass is 35.5. The second-order valence-electron chi connectivity index (χ2n) is 6.77. The van der Waals surface area contributed by atoms with Gasteiger partial charge < -0.3 is 15.0 Å². The van der Waals surface area contributed by atoms with Crippen LogP contribution in [0.15, 0.2) is 64.7 Å². The number of hydrogen-bond acceptors (Lipinski definition) is 6. The summed E-state index contributed by atoms with van der Waals surface area (Å²) in [5.41, 5.74) is 1.03. The van der Waals surface area contributed by atoms with Crippen molar-refractivity contribution >= 4 is 46.0 Å². The molecule has 2 heterocycles. The van der Waals surface area contributed by atoms with E-state index in [0.29, 0.717) is 16.7 Å². The second kappa shape index (κ2) is 9.59. The number of thioether (sulfide) groups is 1. The molecule has 0 aliphatic carbocycles. The topological polar surface area (TPSA) is 102 Å². The Morgan fingerprint density at radius 3 is 2.70 bits per heavy atom. The minimum Gasteiger partial charge on any atom is -0.433 e.